The lowest BCUT2D eigenvalue weighted by atomic mass is 10.1. The monoisotopic (exact) mass is 565 g/mol. The van der Waals surface area contributed by atoms with E-state index in [4.69, 9.17) is 22.1 Å². The Hall–Kier alpha value is -5.10. The first-order valence-electron chi connectivity index (χ1n) is 11.6. The molecule has 3 heterocycles. The average molecular weight is 566 g/mol. The van der Waals surface area contributed by atoms with Gasteiger partial charge in [-0.3, -0.25) is 0 Å². The van der Waals surface area contributed by atoms with Crippen molar-refractivity contribution in [3.63, 3.8) is 0 Å². The maximum Gasteiger partial charge on any atom is 0.416 e. The minimum absolute atomic E-state index is 0.0529. The van der Waals surface area contributed by atoms with Crippen LogP contribution in [0, 0.1) is 0 Å². The van der Waals surface area contributed by atoms with Crippen molar-refractivity contribution in [1.82, 2.24) is 19.7 Å². The molecule has 2 amide bonds. The topological polar surface area (TPSA) is 120 Å². The average Bonchev–Trinajstić information content (AvgIpc) is 3.46. The number of hydrogen-bond acceptors (Lipinski definition) is 6. The van der Waals surface area contributed by atoms with Gasteiger partial charge in [-0.15, -0.1) is 0 Å². The summed E-state index contributed by atoms with van der Waals surface area (Å²) in [4.78, 5) is 20.8. The number of ether oxygens (including phenoxy) is 1. The largest absolute Gasteiger partial charge is 0.439 e. The van der Waals surface area contributed by atoms with Gasteiger partial charge in [-0.1, -0.05) is 23.7 Å². The Balaban J connectivity index is 1.24. The van der Waals surface area contributed by atoms with E-state index >= 15 is 0 Å². The van der Waals surface area contributed by atoms with Crippen LogP contribution in [-0.4, -0.2) is 25.8 Å². The van der Waals surface area contributed by atoms with E-state index < -0.39 is 17.8 Å². The van der Waals surface area contributed by atoms with Crippen molar-refractivity contribution in [2.24, 2.45) is 0 Å². The number of nitrogens with zero attached hydrogens (tertiary/aromatic N) is 4. The number of anilines is 3. The first-order chi connectivity index (χ1) is 19.2. The summed E-state index contributed by atoms with van der Waals surface area (Å²) in [7, 11) is 0. The predicted molar refractivity (Wildman–Crippen MR) is 145 cm³/mol. The fourth-order valence-electron chi connectivity index (χ4n) is 3.72. The molecule has 0 fully saturated rings. The lowest BCUT2D eigenvalue weighted by Gasteiger charge is -2.15. The maximum absolute atomic E-state index is 13.2. The van der Waals surface area contributed by atoms with Crippen LogP contribution in [0.2, 0.25) is 5.02 Å². The molecule has 0 aliphatic carbocycles. The third kappa shape index (κ3) is 6.13. The predicted octanol–water partition coefficient (Wildman–Crippen LogP) is 7.02. The van der Waals surface area contributed by atoms with Crippen LogP contribution >= 0.6 is 11.6 Å². The van der Waals surface area contributed by atoms with E-state index in [0.29, 0.717) is 27.8 Å². The fraction of sp³-hybridized carbons (Fsp3) is 0.0370. The molecule has 5 aromatic rings. The summed E-state index contributed by atoms with van der Waals surface area (Å²) in [6.07, 6.45) is 1.18. The quantitative estimate of drug-likeness (QED) is 0.203. The molecule has 13 heteroatoms. The molecule has 5 rings (SSSR count). The van der Waals surface area contributed by atoms with E-state index in [1.165, 1.54) is 29.5 Å². The molecule has 0 radical (unpaired) electrons. The van der Waals surface area contributed by atoms with Crippen LogP contribution in [0.4, 0.5) is 35.2 Å². The van der Waals surface area contributed by atoms with Gasteiger partial charge in [-0.05, 0) is 54.1 Å². The van der Waals surface area contributed by atoms with Crippen LogP contribution in [0.3, 0.4) is 0 Å². The molecule has 9 nitrogen and oxygen atoms in total. The van der Waals surface area contributed by atoms with Gasteiger partial charge in [-0.2, -0.15) is 18.3 Å². The van der Waals surface area contributed by atoms with Crippen LogP contribution in [-0.2, 0) is 6.18 Å². The smallest absolute Gasteiger partial charge is 0.416 e. The number of benzene rings is 2. The van der Waals surface area contributed by atoms with Gasteiger partial charge < -0.3 is 21.1 Å². The van der Waals surface area contributed by atoms with Crippen molar-refractivity contribution in [2.75, 3.05) is 16.4 Å². The van der Waals surface area contributed by atoms with E-state index in [1.54, 1.807) is 48.5 Å². The number of halogens is 4. The van der Waals surface area contributed by atoms with Crippen molar-refractivity contribution in [2.45, 2.75) is 6.18 Å². The number of nitrogens with one attached hydrogen (secondary N) is 2. The van der Waals surface area contributed by atoms with Crippen molar-refractivity contribution in [3.8, 4) is 28.4 Å². The van der Waals surface area contributed by atoms with Gasteiger partial charge >= 0.3 is 12.2 Å². The zero-order chi connectivity index (χ0) is 28.3. The SMILES string of the molecule is Nc1ncc(Cl)cc1-c1ccc(Oc2ccc(NC(=O)Nc3ccc(C(F)(F)F)cc3-n3cccn3)cn2)cc1. The number of nitrogens with two attached hydrogens (primary N) is 1. The zero-order valence-corrected chi connectivity index (χ0v) is 21.1. The Kier molecular flexibility index (Phi) is 7.25. The summed E-state index contributed by atoms with van der Waals surface area (Å²) in [6, 6.07) is 15.7. The first-order valence-corrected chi connectivity index (χ1v) is 12.0. The minimum Gasteiger partial charge on any atom is -0.439 e. The number of rotatable bonds is 6. The fourth-order valence-corrected chi connectivity index (χ4v) is 3.88. The highest BCUT2D eigenvalue weighted by molar-refractivity contribution is 6.30. The second-order valence-corrected chi connectivity index (χ2v) is 8.79. The van der Waals surface area contributed by atoms with Crippen LogP contribution in [0.25, 0.3) is 16.8 Å². The molecule has 2 aromatic carbocycles. The summed E-state index contributed by atoms with van der Waals surface area (Å²) in [5.74, 6) is 1.13. The zero-order valence-electron chi connectivity index (χ0n) is 20.4. The molecule has 40 heavy (non-hydrogen) atoms. The van der Waals surface area contributed by atoms with E-state index in [0.717, 1.165) is 23.8 Å². The second kappa shape index (κ2) is 10.9. The molecule has 0 saturated carbocycles. The summed E-state index contributed by atoms with van der Waals surface area (Å²) in [5.41, 5.74) is 7.07. The molecular weight excluding hydrogens is 547 g/mol. The van der Waals surface area contributed by atoms with Crippen molar-refractivity contribution in [1.29, 1.82) is 0 Å². The molecule has 0 aliphatic rings. The number of urea groups is 1. The standard InChI is InChI=1S/C27H19ClF3N7O2/c28-18-13-21(25(32)34-14-18)16-2-6-20(7-3-16)40-24-9-5-19(15-33-24)36-26(39)37-22-8-4-17(27(29,30)31)12-23(22)38-11-1-10-35-38/h1-15H,(H2,32,34)(H2,36,37,39). The Bertz CT molecular complexity index is 1640. The number of carbonyl (C=O) groups is 1. The third-order valence-electron chi connectivity index (χ3n) is 5.59. The number of amides is 2. The summed E-state index contributed by atoms with van der Waals surface area (Å²) in [6.45, 7) is 0. The molecule has 3 aromatic heterocycles. The highest BCUT2D eigenvalue weighted by atomic mass is 35.5. The highest BCUT2D eigenvalue weighted by Gasteiger charge is 2.31. The van der Waals surface area contributed by atoms with Gasteiger partial charge in [0.25, 0.3) is 0 Å². The van der Waals surface area contributed by atoms with E-state index in [-0.39, 0.29) is 17.3 Å². The number of aromatic nitrogens is 4. The van der Waals surface area contributed by atoms with Crippen molar-refractivity contribution < 1.29 is 22.7 Å². The second-order valence-electron chi connectivity index (χ2n) is 8.36. The summed E-state index contributed by atoms with van der Waals surface area (Å²) < 4.78 is 46.6. The normalized spacial score (nSPS) is 11.2. The van der Waals surface area contributed by atoms with Crippen molar-refractivity contribution >= 4 is 34.8 Å². The number of hydrogen-bond donors (Lipinski definition) is 3. The van der Waals surface area contributed by atoms with Gasteiger partial charge in [0.15, 0.2) is 0 Å². The lowest BCUT2D eigenvalue weighted by molar-refractivity contribution is -0.137. The Morgan fingerprint density at radius 3 is 2.45 bits per heavy atom. The summed E-state index contributed by atoms with van der Waals surface area (Å²) >= 11 is 6.02. The lowest BCUT2D eigenvalue weighted by Crippen LogP contribution is -2.21. The number of carbonyl (C=O) groups excluding carboxylic acids is 1. The van der Waals surface area contributed by atoms with Crippen LogP contribution in [0.1, 0.15) is 5.56 Å². The molecule has 0 bridgehead atoms. The maximum atomic E-state index is 13.2. The van der Waals surface area contributed by atoms with Crippen LogP contribution < -0.4 is 21.1 Å². The van der Waals surface area contributed by atoms with Gasteiger partial charge in [0.1, 0.15) is 11.6 Å². The first kappa shape index (κ1) is 26.5. The minimum atomic E-state index is -4.55. The number of pyridine rings is 2. The Labute approximate surface area is 230 Å². The van der Waals surface area contributed by atoms with Gasteiger partial charge in [-0.25, -0.2) is 19.4 Å². The molecule has 0 atom stereocenters. The molecule has 0 aliphatic heterocycles. The number of alkyl halides is 3. The van der Waals surface area contributed by atoms with E-state index in [9.17, 15) is 18.0 Å². The van der Waals surface area contributed by atoms with Gasteiger partial charge in [0.2, 0.25) is 5.88 Å². The highest BCUT2D eigenvalue weighted by Crippen LogP contribution is 2.33. The van der Waals surface area contributed by atoms with Crippen molar-refractivity contribution in [3.05, 3.63) is 102 Å². The molecule has 0 spiro atoms. The molecule has 202 valence electrons. The third-order valence-corrected chi connectivity index (χ3v) is 5.80. The summed E-state index contributed by atoms with van der Waals surface area (Å²) in [5, 5.41) is 9.57. The van der Waals surface area contributed by atoms with E-state index in [1.807, 2.05) is 0 Å². The van der Waals surface area contributed by atoms with Gasteiger partial charge in [0.05, 0.1) is 33.8 Å². The Morgan fingerprint density at radius 1 is 0.975 bits per heavy atom. The molecular formula is C27H19ClF3N7O2. The Morgan fingerprint density at radius 2 is 1.77 bits per heavy atom. The molecule has 4 N–H and O–H groups in total. The molecule has 0 unspecified atom stereocenters. The van der Waals surface area contributed by atoms with Crippen LogP contribution in [0.5, 0.6) is 11.6 Å². The molecule has 0 saturated heterocycles. The van der Waals surface area contributed by atoms with E-state index in [2.05, 4.69) is 25.7 Å². The van der Waals surface area contributed by atoms with Gasteiger partial charge in [0, 0.05) is 30.2 Å². The van der Waals surface area contributed by atoms with Crippen LogP contribution in [0.15, 0.2) is 91.5 Å². The number of nitrogen functional groups attached to an aromatic ring is 1.